The van der Waals surface area contributed by atoms with Crippen LogP contribution in [0.25, 0.3) is 0 Å². The van der Waals surface area contributed by atoms with E-state index in [1.54, 1.807) is 7.11 Å². The van der Waals surface area contributed by atoms with Crippen LogP contribution in [0.5, 0.6) is 5.75 Å². The van der Waals surface area contributed by atoms with Gasteiger partial charge in [0.1, 0.15) is 5.75 Å². The van der Waals surface area contributed by atoms with Crippen LogP contribution in [-0.4, -0.2) is 17.3 Å². The van der Waals surface area contributed by atoms with Crippen LogP contribution in [-0.2, 0) is 0 Å². The molecule has 2 N–H and O–H groups in total. The molecule has 0 fully saturated rings. The zero-order valence-corrected chi connectivity index (χ0v) is 10.1. The van der Waals surface area contributed by atoms with Crippen molar-refractivity contribution in [3.8, 4) is 5.75 Å². The molecule has 0 spiro atoms. The van der Waals surface area contributed by atoms with Gasteiger partial charge in [-0.25, -0.2) is 0 Å². The maximum Gasteiger partial charge on any atom is 0.213 e. The Bertz CT molecular complexity index is 473. The van der Waals surface area contributed by atoms with Crippen molar-refractivity contribution >= 4 is 15.9 Å². The standard InChI is InChI=1S/C10H10BrN3O2/c1-15-8-3-2-6(4-7(8)11)9(12)10-13-5-16-14-10/h2-5,9H,12H2,1H3. The number of rotatable bonds is 3. The summed E-state index contributed by atoms with van der Waals surface area (Å²) >= 11 is 3.39. The summed E-state index contributed by atoms with van der Waals surface area (Å²) in [4.78, 5) is 3.92. The van der Waals surface area contributed by atoms with Gasteiger partial charge in [0.15, 0.2) is 5.82 Å². The molecule has 2 rings (SSSR count). The summed E-state index contributed by atoms with van der Waals surface area (Å²) in [5.74, 6) is 1.21. The van der Waals surface area contributed by atoms with E-state index < -0.39 is 6.04 Å². The monoisotopic (exact) mass is 283 g/mol. The molecule has 0 aliphatic carbocycles. The van der Waals surface area contributed by atoms with Gasteiger partial charge in [-0.3, -0.25) is 0 Å². The summed E-state index contributed by atoms with van der Waals surface area (Å²) in [6, 6.07) is 5.17. The second-order valence-corrected chi connectivity index (χ2v) is 4.02. The highest BCUT2D eigenvalue weighted by atomic mass is 79.9. The number of methoxy groups -OCH3 is 1. The zero-order chi connectivity index (χ0) is 11.5. The molecule has 0 aliphatic heterocycles. The molecule has 5 nitrogen and oxygen atoms in total. The molecule has 1 aromatic carbocycles. The normalized spacial score (nSPS) is 12.4. The van der Waals surface area contributed by atoms with Crippen LogP contribution in [0.4, 0.5) is 0 Å². The number of hydrogen-bond donors (Lipinski definition) is 1. The molecule has 0 saturated carbocycles. The van der Waals surface area contributed by atoms with Gasteiger partial charge >= 0.3 is 0 Å². The summed E-state index contributed by atoms with van der Waals surface area (Å²) in [5.41, 5.74) is 6.86. The van der Waals surface area contributed by atoms with Crippen molar-refractivity contribution in [1.82, 2.24) is 10.1 Å². The first-order chi connectivity index (χ1) is 7.72. The van der Waals surface area contributed by atoms with E-state index in [0.29, 0.717) is 5.82 Å². The largest absolute Gasteiger partial charge is 0.496 e. The summed E-state index contributed by atoms with van der Waals surface area (Å²) in [5, 5.41) is 3.71. The second-order valence-electron chi connectivity index (χ2n) is 3.16. The van der Waals surface area contributed by atoms with E-state index >= 15 is 0 Å². The number of nitrogens with two attached hydrogens (primary N) is 1. The molecule has 6 heteroatoms. The lowest BCUT2D eigenvalue weighted by atomic mass is 10.1. The van der Waals surface area contributed by atoms with Crippen molar-refractivity contribution in [2.24, 2.45) is 5.73 Å². The summed E-state index contributed by atoms with van der Waals surface area (Å²) in [7, 11) is 1.61. The van der Waals surface area contributed by atoms with Gasteiger partial charge in [-0.2, -0.15) is 4.98 Å². The van der Waals surface area contributed by atoms with E-state index in [1.165, 1.54) is 6.39 Å². The van der Waals surface area contributed by atoms with E-state index in [9.17, 15) is 0 Å². The Morgan fingerprint density at radius 2 is 2.31 bits per heavy atom. The van der Waals surface area contributed by atoms with Gasteiger partial charge in [0, 0.05) is 0 Å². The van der Waals surface area contributed by atoms with Gasteiger partial charge in [0.05, 0.1) is 17.6 Å². The average Bonchev–Trinajstić information content (AvgIpc) is 2.81. The second kappa shape index (κ2) is 4.63. The number of ether oxygens (including phenoxy) is 1. The first-order valence-electron chi connectivity index (χ1n) is 4.57. The van der Waals surface area contributed by atoms with E-state index in [-0.39, 0.29) is 0 Å². The maximum atomic E-state index is 5.97. The predicted octanol–water partition coefficient (Wildman–Crippen LogP) is 1.89. The minimum Gasteiger partial charge on any atom is -0.496 e. The molecule has 0 bridgehead atoms. The Kier molecular flexibility index (Phi) is 3.21. The summed E-state index contributed by atoms with van der Waals surface area (Å²) in [6.45, 7) is 0. The smallest absolute Gasteiger partial charge is 0.213 e. The van der Waals surface area contributed by atoms with E-state index in [0.717, 1.165) is 15.8 Å². The van der Waals surface area contributed by atoms with Crippen LogP contribution >= 0.6 is 15.9 Å². The minimum absolute atomic E-state index is 0.402. The van der Waals surface area contributed by atoms with Crippen LogP contribution in [0.2, 0.25) is 0 Å². The molecule has 0 radical (unpaired) electrons. The lowest BCUT2D eigenvalue weighted by Gasteiger charge is -2.10. The summed E-state index contributed by atoms with van der Waals surface area (Å²) in [6.07, 6.45) is 1.26. The molecule has 0 aliphatic rings. The Morgan fingerprint density at radius 1 is 1.50 bits per heavy atom. The first kappa shape index (κ1) is 11.1. The highest BCUT2D eigenvalue weighted by Gasteiger charge is 2.14. The quantitative estimate of drug-likeness (QED) is 0.931. The van der Waals surface area contributed by atoms with E-state index in [1.807, 2.05) is 18.2 Å². The molecule has 1 aromatic heterocycles. The van der Waals surface area contributed by atoms with Gasteiger partial charge in [0.2, 0.25) is 6.39 Å². The topological polar surface area (TPSA) is 74.2 Å². The molecular weight excluding hydrogens is 274 g/mol. The van der Waals surface area contributed by atoms with Gasteiger partial charge in [0.25, 0.3) is 0 Å². The predicted molar refractivity (Wildman–Crippen MR) is 61.0 cm³/mol. The average molecular weight is 284 g/mol. The zero-order valence-electron chi connectivity index (χ0n) is 8.55. The van der Waals surface area contributed by atoms with Crippen molar-refractivity contribution < 1.29 is 9.26 Å². The minimum atomic E-state index is -0.402. The van der Waals surface area contributed by atoms with Crippen molar-refractivity contribution in [3.05, 3.63) is 40.5 Å². The molecule has 16 heavy (non-hydrogen) atoms. The number of nitrogens with zero attached hydrogens (tertiary/aromatic N) is 2. The van der Waals surface area contributed by atoms with Crippen LogP contribution < -0.4 is 10.5 Å². The molecule has 1 heterocycles. The number of halogens is 1. The highest BCUT2D eigenvalue weighted by molar-refractivity contribution is 9.10. The Morgan fingerprint density at radius 3 is 2.88 bits per heavy atom. The fourth-order valence-electron chi connectivity index (χ4n) is 1.34. The van der Waals surface area contributed by atoms with Gasteiger partial charge in [-0.1, -0.05) is 11.2 Å². The van der Waals surface area contributed by atoms with Crippen molar-refractivity contribution in [1.29, 1.82) is 0 Å². The maximum absolute atomic E-state index is 5.97. The van der Waals surface area contributed by atoms with E-state index in [4.69, 9.17) is 10.5 Å². The Labute approximate surface area is 101 Å². The summed E-state index contributed by atoms with van der Waals surface area (Å²) < 4.78 is 10.6. The molecule has 1 unspecified atom stereocenters. The molecule has 2 aromatic rings. The van der Waals surface area contributed by atoms with Crippen LogP contribution in [0, 0.1) is 0 Å². The lowest BCUT2D eigenvalue weighted by Crippen LogP contribution is -2.13. The van der Waals surface area contributed by atoms with Gasteiger partial charge in [-0.15, -0.1) is 0 Å². The Hall–Kier alpha value is -1.40. The van der Waals surface area contributed by atoms with E-state index in [2.05, 4.69) is 30.6 Å². The van der Waals surface area contributed by atoms with Crippen molar-refractivity contribution in [2.75, 3.05) is 7.11 Å². The molecule has 0 saturated heterocycles. The fraction of sp³-hybridized carbons (Fsp3) is 0.200. The Balaban J connectivity index is 2.31. The van der Waals surface area contributed by atoms with Crippen LogP contribution in [0.1, 0.15) is 17.4 Å². The third kappa shape index (κ3) is 2.07. The fourth-order valence-corrected chi connectivity index (χ4v) is 1.90. The van der Waals surface area contributed by atoms with Gasteiger partial charge in [-0.05, 0) is 33.6 Å². The third-order valence-electron chi connectivity index (χ3n) is 2.19. The SMILES string of the molecule is COc1ccc(C(N)c2ncon2)cc1Br. The first-order valence-corrected chi connectivity index (χ1v) is 5.37. The molecule has 0 amide bonds. The molecule has 1 atom stereocenters. The number of benzene rings is 1. The molecular formula is C10H10BrN3O2. The van der Waals surface area contributed by atoms with Crippen LogP contribution in [0.15, 0.2) is 33.6 Å². The number of hydrogen-bond acceptors (Lipinski definition) is 5. The van der Waals surface area contributed by atoms with Gasteiger partial charge < -0.3 is 15.0 Å². The number of aromatic nitrogens is 2. The highest BCUT2D eigenvalue weighted by Crippen LogP contribution is 2.28. The van der Waals surface area contributed by atoms with Crippen molar-refractivity contribution in [2.45, 2.75) is 6.04 Å². The third-order valence-corrected chi connectivity index (χ3v) is 2.81. The lowest BCUT2D eigenvalue weighted by molar-refractivity contribution is 0.407. The van der Waals surface area contributed by atoms with Crippen LogP contribution in [0.3, 0.4) is 0 Å². The molecule has 84 valence electrons. The van der Waals surface area contributed by atoms with Crippen molar-refractivity contribution in [3.63, 3.8) is 0 Å².